The van der Waals surface area contributed by atoms with Crippen LogP contribution in [0.1, 0.15) is 48.2 Å². The number of hydrogen-bond acceptors (Lipinski definition) is 4. The van der Waals surface area contributed by atoms with E-state index < -0.39 is 0 Å². The first-order chi connectivity index (χ1) is 11.8. The van der Waals surface area contributed by atoms with E-state index in [-0.39, 0.29) is 5.97 Å². The van der Waals surface area contributed by atoms with Crippen LogP contribution in [0.3, 0.4) is 0 Å². The molecular formula is C19H19N3O2. The van der Waals surface area contributed by atoms with Crippen LogP contribution in [0.4, 0.5) is 0 Å². The van der Waals surface area contributed by atoms with Crippen molar-refractivity contribution < 1.29 is 9.53 Å². The highest BCUT2D eigenvalue weighted by molar-refractivity contribution is 5.92. The summed E-state index contributed by atoms with van der Waals surface area (Å²) in [6, 6.07) is 9.94. The summed E-state index contributed by atoms with van der Waals surface area (Å²) in [6.45, 7) is 2.19. The van der Waals surface area contributed by atoms with Crippen molar-refractivity contribution in [2.75, 3.05) is 6.61 Å². The van der Waals surface area contributed by atoms with Crippen molar-refractivity contribution in [2.24, 2.45) is 0 Å². The lowest BCUT2D eigenvalue weighted by molar-refractivity contribution is 0.0523. The average molecular weight is 321 g/mol. The van der Waals surface area contributed by atoms with Crippen LogP contribution in [0.15, 0.2) is 42.7 Å². The number of carbonyl (C=O) groups is 1. The quantitative estimate of drug-likeness (QED) is 0.685. The smallest absolute Gasteiger partial charge is 0.341 e. The number of benzene rings is 1. The largest absolute Gasteiger partial charge is 0.462 e. The number of esters is 1. The summed E-state index contributed by atoms with van der Waals surface area (Å²) in [5, 5.41) is 5.56. The van der Waals surface area contributed by atoms with Gasteiger partial charge >= 0.3 is 5.97 Å². The van der Waals surface area contributed by atoms with Crippen molar-refractivity contribution in [3.8, 4) is 5.69 Å². The van der Waals surface area contributed by atoms with Gasteiger partial charge in [-0.1, -0.05) is 12.5 Å². The molecule has 0 unspecified atom stereocenters. The monoisotopic (exact) mass is 321 g/mol. The lowest BCUT2D eigenvalue weighted by Crippen LogP contribution is -2.18. The Hall–Kier alpha value is -2.69. The van der Waals surface area contributed by atoms with Crippen LogP contribution < -0.4 is 0 Å². The Labute approximate surface area is 140 Å². The molecule has 24 heavy (non-hydrogen) atoms. The van der Waals surface area contributed by atoms with Gasteiger partial charge in [0.15, 0.2) is 0 Å². The second kappa shape index (κ2) is 6.07. The van der Waals surface area contributed by atoms with Gasteiger partial charge in [0.25, 0.3) is 0 Å². The molecule has 0 atom stereocenters. The number of pyridine rings is 1. The predicted molar refractivity (Wildman–Crippen MR) is 91.4 cm³/mol. The first-order valence-corrected chi connectivity index (χ1v) is 8.38. The van der Waals surface area contributed by atoms with Crippen molar-refractivity contribution in [1.82, 2.24) is 14.8 Å². The molecule has 0 radical (unpaired) electrons. The van der Waals surface area contributed by atoms with E-state index in [1.807, 2.05) is 41.9 Å². The first kappa shape index (κ1) is 14.9. The SMILES string of the molecule is CCOC(=O)c1cnn(-c2cccc3ncccc23)c1C1CCC1. The van der Waals surface area contributed by atoms with E-state index in [0.717, 1.165) is 35.1 Å². The summed E-state index contributed by atoms with van der Waals surface area (Å²) < 4.78 is 7.12. The van der Waals surface area contributed by atoms with E-state index in [1.54, 1.807) is 12.4 Å². The van der Waals surface area contributed by atoms with Crippen molar-refractivity contribution in [1.29, 1.82) is 0 Å². The second-order valence-corrected chi connectivity index (χ2v) is 6.05. The Balaban J connectivity index is 1.90. The van der Waals surface area contributed by atoms with Gasteiger partial charge in [-0.05, 0) is 44.0 Å². The number of rotatable bonds is 4. The minimum atomic E-state index is -0.288. The molecule has 0 aliphatic heterocycles. The molecule has 5 heteroatoms. The number of carbonyl (C=O) groups excluding carboxylic acids is 1. The molecule has 1 fully saturated rings. The van der Waals surface area contributed by atoms with E-state index in [2.05, 4.69) is 10.1 Å². The third-order valence-electron chi connectivity index (χ3n) is 4.64. The van der Waals surface area contributed by atoms with Crippen molar-refractivity contribution in [2.45, 2.75) is 32.1 Å². The third kappa shape index (κ3) is 2.37. The molecule has 0 bridgehead atoms. The van der Waals surface area contributed by atoms with E-state index in [4.69, 9.17) is 4.74 Å². The summed E-state index contributed by atoms with van der Waals surface area (Å²) in [4.78, 5) is 16.7. The highest BCUT2D eigenvalue weighted by Crippen LogP contribution is 2.39. The Morgan fingerprint density at radius 2 is 2.17 bits per heavy atom. The van der Waals surface area contributed by atoms with Crippen LogP contribution in [0.5, 0.6) is 0 Å². The van der Waals surface area contributed by atoms with Crippen molar-refractivity contribution in [3.63, 3.8) is 0 Å². The molecule has 3 aromatic rings. The first-order valence-electron chi connectivity index (χ1n) is 8.38. The van der Waals surface area contributed by atoms with Gasteiger partial charge in [-0.3, -0.25) is 4.98 Å². The van der Waals surface area contributed by atoms with E-state index >= 15 is 0 Å². The normalized spacial score (nSPS) is 14.5. The van der Waals surface area contributed by atoms with E-state index in [0.29, 0.717) is 18.1 Å². The van der Waals surface area contributed by atoms with Crippen molar-refractivity contribution in [3.05, 3.63) is 54.0 Å². The molecule has 0 N–H and O–H groups in total. The highest BCUT2D eigenvalue weighted by atomic mass is 16.5. The van der Waals surface area contributed by atoms with Crippen LogP contribution in [0.2, 0.25) is 0 Å². The van der Waals surface area contributed by atoms with Crippen LogP contribution in [0.25, 0.3) is 16.6 Å². The highest BCUT2D eigenvalue weighted by Gasteiger charge is 2.30. The average Bonchev–Trinajstić information content (AvgIpc) is 2.97. The molecule has 1 aliphatic rings. The molecule has 1 aromatic carbocycles. The summed E-state index contributed by atoms with van der Waals surface area (Å²) in [7, 11) is 0. The minimum absolute atomic E-state index is 0.288. The number of fused-ring (bicyclic) bond motifs is 1. The number of ether oxygens (including phenoxy) is 1. The zero-order valence-electron chi connectivity index (χ0n) is 13.6. The minimum Gasteiger partial charge on any atom is -0.462 e. The van der Waals surface area contributed by atoms with E-state index in [9.17, 15) is 4.79 Å². The molecule has 0 spiro atoms. The van der Waals surface area contributed by atoms with Gasteiger partial charge in [-0.15, -0.1) is 0 Å². The molecular weight excluding hydrogens is 302 g/mol. The van der Waals surface area contributed by atoms with Gasteiger partial charge < -0.3 is 4.74 Å². The zero-order valence-corrected chi connectivity index (χ0v) is 13.6. The predicted octanol–water partition coefficient (Wildman–Crippen LogP) is 3.86. The molecule has 122 valence electrons. The van der Waals surface area contributed by atoms with Crippen molar-refractivity contribution >= 4 is 16.9 Å². The standard InChI is InChI=1S/C19H19N3O2/c1-2-24-19(23)15-12-21-22(18(15)13-6-3-7-13)17-10-4-9-16-14(17)8-5-11-20-16/h4-5,8-13H,2-3,6-7H2,1H3. The molecule has 2 aromatic heterocycles. The van der Waals surface area contributed by atoms with Gasteiger partial charge in [0.05, 0.1) is 29.7 Å². The summed E-state index contributed by atoms with van der Waals surface area (Å²) in [5.41, 5.74) is 3.43. The Morgan fingerprint density at radius 1 is 1.29 bits per heavy atom. The van der Waals surface area contributed by atoms with Crippen LogP contribution >= 0.6 is 0 Å². The topological polar surface area (TPSA) is 57.0 Å². The van der Waals surface area contributed by atoms with Gasteiger partial charge in [-0.25, -0.2) is 9.48 Å². The lowest BCUT2D eigenvalue weighted by Gasteiger charge is -2.27. The maximum atomic E-state index is 12.3. The number of nitrogens with zero attached hydrogens (tertiary/aromatic N) is 3. The van der Waals surface area contributed by atoms with Gasteiger partial charge in [0.2, 0.25) is 0 Å². The van der Waals surface area contributed by atoms with E-state index in [1.165, 1.54) is 6.42 Å². The third-order valence-corrected chi connectivity index (χ3v) is 4.64. The molecule has 4 rings (SSSR count). The zero-order chi connectivity index (χ0) is 16.5. The summed E-state index contributed by atoms with van der Waals surface area (Å²) in [5.74, 6) is 0.0721. The molecule has 1 aliphatic carbocycles. The second-order valence-electron chi connectivity index (χ2n) is 6.05. The van der Waals surface area contributed by atoms with Crippen LogP contribution in [-0.2, 0) is 4.74 Å². The fourth-order valence-corrected chi connectivity index (χ4v) is 3.26. The number of aromatic nitrogens is 3. The molecule has 2 heterocycles. The number of hydrogen-bond donors (Lipinski definition) is 0. The summed E-state index contributed by atoms with van der Waals surface area (Å²) >= 11 is 0. The van der Waals surface area contributed by atoms with Gasteiger partial charge in [0, 0.05) is 17.5 Å². The van der Waals surface area contributed by atoms with Crippen LogP contribution in [0, 0.1) is 0 Å². The molecule has 5 nitrogen and oxygen atoms in total. The Kier molecular flexibility index (Phi) is 3.76. The Bertz CT molecular complexity index is 891. The lowest BCUT2D eigenvalue weighted by atomic mass is 9.81. The molecule has 0 amide bonds. The maximum absolute atomic E-state index is 12.3. The fraction of sp³-hybridized carbons (Fsp3) is 0.316. The van der Waals surface area contributed by atoms with Gasteiger partial charge in [0.1, 0.15) is 5.56 Å². The maximum Gasteiger partial charge on any atom is 0.341 e. The Morgan fingerprint density at radius 3 is 2.92 bits per heavy atom. The van der Waals surface area contributed by atoms with Gasteiger partial charge in [-0.2, -0.15) is 5.10 Å². The van der Waals surface area contributed by atoms with Crippen LogP contribution in [-0.4, -0.2) is 27.3 Å². The molecule has 0 saturated heterocycles. The summed E-state index contributed by atoms with van der Waals surface area (Å²) in [6.07, 6.45) is 6.78. The molecule has 1 saturated carbocycles. The fourth-order valence-electron chi connectivity index (χ4n) is 3.26.